The molecule has 0 saturated heterocycles. The lowest BCUT2D eigenvalue weighted by atomic mass is 9.70. The van der Waals surface area contributed by atoms with Gasteiger partial charge in [-0.15, -0.1) is 0 Å². The highest BCUT2D eigenvalue weighted by molar-refractivity contribution is 9.09. The van der Waals surface area contributed by atoms with Crippen LogP contribution in [0.15, 0.2) is 0 Å². The Morgan fingerprint density at radius 2 is 1.60 bits per heavy atom. The first-order valence-corrected chi connectivity index (χ1v) is 7.85. The van der Waals surface area contributed by atoms with Crippen LogP contribution in [0.2, 0.25) is 0 Å². The van der Waals surface area contributed by atoms with Gasteiger partial charge in [-0.25, -0.2) is 0 Å². The van der Waals surface area contributed by atoms with E-state index in [1.165, 1.54) is 51.4 Å². The minimum absolute atomic E-state index is 0.832. The van der Waals surface area contributed by atoms with Gasteiger partial charge in [0.1, 0.15) is 0 Å². The van der Waals surface area contributed by atoms with Gasteiger partial charge in [0.25, 0.3) is 0 Å². The van der Waals surface area contributed by atoms with Crippen LogP contribution >= 0.6 is 15.9 Å². The molecule has 2 aliphatic carbocycles. The van der Waals surface area contributed by atoms with Gasteiger partial charge in [-0.2, -0.15) is 0 Å². The maximum Gasteiger partial charge on any atom is 0.0148 e. The van der Waals surface area contributed by atoms with Gasteiger partial charge < -0.3 is 0 Å². The third-order valence-corrected chi connectivity index (χ3v) is 5.55. The molecule has 2 aliphatic rings. The largest absolute Gasteiger partial charge is 0.0891 e. The lowest BCUT2D eigenvalue weighted by molar-refractivity contribution is 0.160. The summed E-state index contributed by atoms with van der Waals surface area (Å²) in [6, 6.07) is 0. The molecule has 2 saturated carbocycles. The van der Waals surface area contributed by atoms with Crippen LogP contribution < -0.4 is 0 Å². The van der Waals surface area contributed by atoms with E-state index in [9.17, 15) is 0 Å². The molecule has 0 bridgehead atoms. The molecule has 0 aromatic heterocycles. The highest BCUT2D eigenvalue weighted by Gasteiger charge is 2.30. The van der Waals surface area contributed by atoms with Crippen LogP contribution in [0.5, 0.6) is 0 Å². The number of hydrogen-bond donors (Lipinski definition) is 0. The van der Waals surface area contributed by atoms with Crippen molar-refractivity contribution in [2.24, 2.45) is 17.8 Å². The monoisotopic (exact) mass is 272 g/mol. The summed E-state index contributed by atoms with van der Waals surface area (Å²) in [6.45, 7) is 2.38. The van der Waals surface area contributed by atoms with E-state index in [1.54, 1.807) is 6.42 Å². The van der Waals surface area contributed by atoms with Crippen molar-refractivity contribution in [2.75, 3.05) is 0 Å². The fraction of sp³-hybridized carbons (Fsp3) is 1.00. The summed E-state index contributed by atoms with van der Waals surface area (Å²) in [6.07, 6.45) is 13.4. The quantitative estimate of drug-likeness (QED) is 0.610. The second-order valence-electron chi connectivity index (χ2n) is 5.72. The molecule has 0 aromatic carbocycles. The molecule has 0 amide bonds. The standard InChI is InChI=1S/C14H25Br/c1-2-11-5-3-6-12(9-11)13-7-4-8-14(15)10-13/h11-14H,2-10H2,1H3. The summed E-state index contributed by atoms with van der Waals surface area (Å²) in [5.41, 5.74) is 0. The van der Waals surface area contributed by atoms with E-state index < -0.39 is 0 Å². The lowest BCUT2D eigenvalue weighted by Crippen LogP contribution is -2.27. The molecule has 0 aromatic rings. The van der Waals surface area contributed by atoms with Crippen LogP contribution in [0.1, 0.15) is 64.7 Å². The second-order valence-corrected chi connectivity index (χ2v) is 7.02. The number of hydrogen-bond acceptors (Lipinski definition) is 0. The minimum Gasteiger partial charge on any atom is -0.0891 e. The van der Waals surface area contributed by atoms with E-state index in [1.807, 2.05) is 0 Å². The van der Waals surface area contributed by atoms with Crippen molar-refractivity contribution in [2.45, 2.75) is 69.5 Å². The molecule has 88 valence electrons. The summed E-state index contributed by atoms with van der Waals surface area (Å²) in [5.74, 6) is 3.18. The van der Waals surface area contributed by atoms with E-state index in [0.717, 1.165) is 22.6 Å². The molecule has 2 fully saturated rings. The maximum atomic E-state index is 3.83. The number of halogens is 1. The zero-order chi connectivity index (χ0) is 10.7. The average Bonchev–Trinajstić information content (AvgIpc) is 2.29. The molecule has 0 nitrogen and oxygen atoms in total. The van der Waals surface area contributed by atoms with Crippen LogP contribution in [-0.4, -0.2) is 4.83 Å². The molecule has 0 radical (unpaired) electrons. The predicted molar refractivity (Wildman–Crippen MR) is 70.4 cm³/mol. The predicted octanol–water partition coefficient (Wildman–Crippen LogP) is 5.16. The summed E-state index contributed by atoms with van der Waals surface area (Å²) < 4.78 is 0. The Morgan fingerprint density at radius 1 is 0.933 bits per heavy atom. The van der Waals surface area contributed by atoms with Crippen molar-refractivity contribution >= 4 is 15.9 Å². The summed E-state index contributed by atoms with van der Waals surface area (Å²) >= 11 is 3.83. The Hall–Kier alpha value is 0.480. The van der Waals surface area contributed by atoms with Gasteiger partial charge >= 0.3 is 0 Å². The Bertz CT molecular complexity index is 190. The van der Waals surface area contributed by atoms with Crippen LogP contribution in [0, 0.1) is 17.8 Å². The van der Waals surface area contributed by atoms with Crippen molar-refractivity contribution in [1.82, 2.24) is 0 Å². The summed E-state index contributed by atoms with van der Waals surface area (Å²) in [4.78, 5) is 0.832. The van der Waals surface area contributed by atoms with Gasteiger partial charge in [0.05, 0.1) is 0 Å². The zero-order valence-corrected chi connectivity index (χ0v) is 11.6. The average molecular weight is 273 g/mol. The number of alkyl halides is 1. The van der Waals surface area contributed by atoms with Crippen molar-refractivity contribution in [3.63, 3.8) is 0 Å². The lowest BCUT2D eigenvalue weighted by Gasteiger charge is -2.37. The SMILES string of the molecule is CCC1CCCC(C2CCCC(Br)C2)C1. The zero-order valence-electron chi connectivity index (χ0n) is 10.1. The van der Waals surface area contributed by atoms with E-state index in [2.05, 4.69) is 22.9 Å². The van der Waals surface area contributed by atoms with Gasteiger partial charge in [-0.05, 0) is 37.0 Å². The van der Waals surface area contributed by atoms with Gasteiger partial charge in [0.15, 0.2) is 0 Å². The summed E-state index contributed by atoms with van der Waals surface area (Å²) in [5, 5.41) is 0. The van der Waals surface area contributed by atoms with Crippen LogP contribution in [0.4, 0.5) is 0 Å². The van der Waals surface area contributed by atoms with Crippen molar-refractivity contribution in [3.8, 4) is 0 Å². The first-order valence-electron chi connectivity index (χ1n) is 6.93. The molecule has 0 heterocycles. The normalized spacial score (nSPS) is 42.8. The molecule has 2 rings (SSSR count). The maximum absolute atomic E-state index is 3.83. The fourth-order valence-electron chi connectivity index (χ4n) is 3.73. The van der Waals surface area contributed by atoms with E-state index >= 15 is 0 Å². The Kier molecular flexibility index (Phi) is 4.54. The highest BCUT2D eigenvalue weighted by atomic mass is 79.9. The van der Waals surface area contributed by atoms with E-state index in [0.29, 0.717) is 0 Å². The minimum atomic E-state index is 0.832. The molecule has 0 N–H and O–H groups in total. The smallest absolute Gasteiger partial charge is 0.0148 e. The number of rotatable bonds is 2. The van der Waals surface area contributed by atoms with Crippen LogP contribution in [0.3, 0.4) is 0 Å². The van der Waals surface area contributed by atoms with Crippen molar-refractivity contribution in [3.05, 3.63) is 0 Å². The topological polar surface area (TPSA) is 0 Å². The van der Waals surface area contributed by atoms with Gasteiger partial charge in [-0.1, -0.05) is 61.4 Å². The van der Waals surface area contributed by atoms with Crippen LogP contribution in [0.25, 0.3) is 0 Å². The molecule has 15 heavy (non-hydrogen) atoms. The third-order valence-electron chi connectivity index (χ3n) is 4.72. The first kappa shape index (κ1) is 12.0. The molecule has 4 atom stereocenters. The van der Waals surface area contributed by atoms with Crippen molar-refractivity contribution < 1.29 is 0 Å². The molecule has 0 spiro atoms. The van der Waals surface area contributed by atoms with Gasteiger partial charge in [-0.3, -0.25) is 0 Å². The second kappa shape index (κ2) is 5.70. The molecular weight excluding hydrogens is 248 g/mol. The molecular formula is C14H25Br. The molecule has 4 unspecified atom stereocenters. The fourth-order valence-corrected chi connectivity index (χ4v) is 4.53. The molecule has 0 aliphatic heterocycles. The van der Waals surface area contributed by atoms with Crippen molar-refractivity contribution in [1.29, 1.82) is 0 Å². The molecule has 1 heteroatoms. The van der Waals surface area contributed by atoms with E-state index in [4.69, 9.17) is 0 Å². The van der Waals surface area contributed by atoms with Gasteiger partial charge in [0, 0.05) is 4.83 Å². The van der Waals surface area contributed by atoms with Gasteiger partial charge in [0.2, 0.25) is 0 Å². The highest BCUT2D eigenvalue weighted by Crippen LogP contribution is 2.42. The van der Waals surface area contributed by atoms with E-state index in [-0.39, 0.29) is 0 Å². The third kappa shape index (κ3) is 3.22. The Labute approximate surface area is 103 Å². The first-order chi connectivity index (χ1) is 7.29. The Morgan fingerprint density at radius 3 is 2.27 bits per heavy atom. The Balaban J connectivity index is 1.86. The summed E-state index contributed by atoms with van der Waals surface area (Å²) in [7, 11) is 0. The van der Waals surface area contributed by atoms with Crippen LogP contribution in [-0.2, 0) is 0 Å².